The molecule has 0 saturated carbocycles. The molecule has 0 bridgehead atoms. The van der Waals surface area contributed by atoms with Gasteiger partial charge in [0, 0.05) is 23.7 Å². The number of carbonyl (C=O) groups is 3. The number of urea groups is 1. The highest BCUT2D eigenvalue weighted by molar-refractivity contribution is 6.44. The molecule has 0 radical (unpaired) electrons. The van der Waals surface area contributed by atoms with Gasteiger partial charge >= 0.3 is 17.8 Å². The van der Waals surface area contributed by atoms with Crippen LogP contribution in [0.1, 0.15) is 19.7 Å². The maximum atomic E-state index is 12.1. The molecule has 1 aromatic carbocycles. The molecule has 27 heavy (non-hydrogen) atoms. The minimum Gasteiger partial charge on any atom is -0.419 e. The Bertz CT molecular complexity index is 880. The number of benzene rings is 1. The molecule has 4 amide bonds. The van der Waals surface area contributed by atoms with E-state index in [1.54, 1.807) is 29.2 Å². The molecule has 1 aliphatic heterocycles. The molecule has 1 saturated heterocycles. The van der Waals surface area contributed by atoms with E-state index in [9.17, 15) is 14.4 Å². The van der Waals surface area contributed by atoms with Crippen molar-refractivity contribution in [2.45, 2.75) is 26.4 Å². The Labute approximate surface area is 160 Å². The average Bonchev–Trinajstić information content (AvgIpc) is 3.17. The van der Waals surface area contributed by atoms with E-state index in [2.05, 4.69) is 10.2 Å². The van der Waals surface area contributed by atoms with Gasteiger partial charge in [0.2, 0.25) is 11.8 Å². The van der Waals surface area contributed by atoms with Crippen molar-refractivity contribution >= 4 is 29.4 Å². The summed E-state index contributed by atoms with van der Waals surface area (Å²) in [6.07, 6.45) is 0. The number of hydrogen-bond donors (Lipinski definition) is 0. The monoisotopic (exact) mass is 391 g/mol. The second kappa shape index (κ2) is 7.45. The van der Waals surface area contributed by atoms with Crippen LogP contribution in [0, 0.1) is 0 Å². The van der Waals surface area contributed by atoms with E-state index in [1.807, 2.05) is 13.8 Å². The Morgan fingerprint density at radius 3 is 2.33 bits per heavy atom. The number of halogens is 1. The van der Waals surface area contributed by atoms with Crippen molar-refractivity contribution in [3.8, 4) is 11.5 Å². The van der Waals surface area contributed by atoms with Crippen LogP contribution in [0.3, 0.4) is 0 Å². The maximum Gasteiger partial charge on any atom is 0.335 e. The van der Waals surface area contributed by atoms with Crippen molar-refractivity contribution in [3.05, 3.63) is 35.2 Å². The van der Waals surface area contributed by atoms with Gasteiger partial charge in [0.05, 0.1) is 13.2 Å². The molecule has 2 aromatic rings. The Balaban J connectivity index is 1.74. The third-order valence-electron chi connectivity index (χ3n) is 4.20. The van der Waals surface area contributed by atoms with Gasteiger partial charge in [-0.1, -0.05) is 11.6 Å². The third-order valence-corrected chi connectivity index (χ3v) is 4.45. The first-order chi connectivity index (χ1) is 12.8. The summed E-state index contributed by atoms with van der Waals surface area (Å²) < 4.78 is 5.68. The molecular formula is C17H18ClN5O4. The molecule has 1 fully saturated rings. The minimum absolute atomic E-state index is 0.0440. The van der Waals surface area contributed by atoms with Crippen molar-refractivity contribution in [1.29, 1.82) is 0 Å². The molecule has 0 spiro atoms. The SMILES string of the molecule is CC(C)N(Cc1nnc(-c2ccc(Cl)cc2)o1)CN1C(=O)C(=O)N(C)C1=O. The Hall–Kier alpha value is -2.78. The van der Waals surface area contributed by atoms with Crippen LogP contribution in [0.2, 0.25) is 5.02 Å². The lowest BCUT2D eigenvalue weighted by Gasteiger charge is -2.28. The second-order valence-corrected chi connectivity index (χ2v) is 6.81. The van der Waals surface area contributed by atoms with E-state index in [-0.39, 0.29) is 19.3 Å². The lowest BCUT2D eigenvalue weighted by Crippen LogP contribution is -2.44. The molecule has 0 unspecified atom stereocenters. The van der Waals surface area contributed by atoms with Crippen LogP contribution < -0.4 is 0 Å². The molecule has 9 nitrogen and oxygen atoms in total. The highest BCUT2D eigenvalue weighted by atomic mass is 35.5. The van der Waals surface area contributed by atoms with Crippen molar-refractivity contribution in [1.82, 2.24) is 24.9 Å². The third kappa shape index (κ3) is 3.83. The zero-order valence-corrected chi connectivity index (χ0v) is 15.8. The number of carbonyl (C=O) groups excluding carboxylic acids is 3. The fourth-order valence-corrected chi connectivity index (χ4v) is 2.64. The van der Waals surface area contributed by atoms with E-state index >= 15 is 0 Å². The quantitative estimate of drug-likeness (QED) is 0.548. The van der Waals surface area contributed by atoms with Gasteiger partial charge in [0.25, 0.3) is 0 Å². The number of rotatable bonds is 6. The summed E-state index contributed by atoms with van der Waals surface area (Å²) in [7, 11) is 1.28. The van der Waals surface area contributed by atoms with Gasteiger partial charge in [-0.25, -0.2) is 9.69 Å². The first kappa shape index (κ1) is 19.0. The molecular weight excluding hydrogens is 374 g/mol. The lowest BCUT2D eigenvalue weighted by atomic mass is 10.2. The first-order valence-corrected chi connectivity index (χ1v) is 8.61. The zero-order chi connectivity index (χ0) is 19.7. The Morgan fingerprint density at radius 2 is 1.78 bits per heavy atom. The molecule has 142 valence electrons. The maximum absolute atomic E-state index is 12.1. The van der Waals surface area contributed by atoms with Gasteiger partial charge in [-0.2, -0.15) is 0 Å². The number of imide groups is 2. The summed E-state index contributed by atoms with van der Waals surface area (Å²) in [6.45, 7) is 3.96. The predicted molar refractivity (Wildman–Crippen MR) is 95.3 cm³/mol. The van der Waals surface area contributed by atoms with Gasteiger partial charge in [-0.05, 0) is 38.1 Å². The van der Waals surface area contributed by atoms with Crippen LogP contribution in [-0.2, 0) is 16.1 Å². The first-order valence-electron chi connectivity index (χ1n) is 8.23. The summed E-state index contributed by atoms with van der Waals surface area (Å²) in [5.41, 5.74) is 0.728. The summed E-state index contributed by atoms with van der Waals surface area (Å²) in [4.78, 5) is 39.2. The van der Waals surface area contributed by atoms with Crippen LogP contribution in [0.15, 0.2) is 28.7 Å². The van der Waals surface area contributed by atoms with E-state index in [1.165, 1.54) is 7.05 Å². The smallest absolute Gasteiger partial charge is 0.335 e. The summed E-state index contributed by atoms with van der Waals surface area (Å²) >= 11 is 5.87. The fourth-order valence-electron chi connectivity index (χ4n) is 2.52. The van der Waals surface area contributed by atoms with Crippen LogP contribution in [0.25, 0.3) is 11.5 Å². The minimum atomic E-state index is -0.847. The highest BCUT2D eigenvalue weighted by Crippen LogP contribution is 2.21. The molecule has 3 rings (SSSR count). The average molecular weight is 392 g/mol. The van der Waals surface area contributed by atoms with Crippen molar-refractivity contribution < 1.29 is 18.8 Å². The number of likely N-dealkylation sites (N-methyl/N-ethyl adjacent to an activating group) is 1. The molecule has 2 heterocycles. The topological polar surface area (TPSA) is 99.8 Å². The van der Waals surface area contributed by atoms with Gasteiger partial charge < -0.3 is 4.42 Å². The number of aromatic nitrogens is 2. The molecule has 1 aliphatic rings. The Kier molecular flexibility index (Phi) is 5.24. The molecule has 0 N–H and O–H groups in total. The summed E-state index contributed by atoms with van der Waals surface area (Å²) in [5, 5.41) is 8.64. The standard InChI is InChI=1S/C17H18ClN5O4/c1-10(2)22(9-23-16(25)15(24)21(3)17(23)26)8-13-19-20-14(27-13)11-4-6-12(18)7-5-11/h4-7,10H,8-9H2,1-3H3. The number of hydrogen-bond acceptors (Lipinski definition) is 7. The van der Waals surface area contributed by atoms with Crippen molar-refractivity contribution in [2.24, 2.45) is 0 Å². The number of amides is 4. The largest absolute Gasteiger partial charge is 0.419 e. The van der Waals surface area contributed by atoms with E-state index < -0.39 is 17.8 Å². The highest BCUT2D eigenvalue weighted by Gasteiger charge is 2.43. The van der Waals surface area contributed by atoms with Crippen molar-refractivity contribution in [3.63, 3.8) is 0 Å². The van der Waals surface area contributed by atoms with Crippen molar-refractivity contribution in [2.75, 3.05) is 13.7 Å². The van der Waals surface area contributed by atoms with Crippen LogP contribution >= 0.6 is 11.6 Å². The van der Waals surface area contributed by atoms with E-state index in [4.69, 9.17) is 16.0 Å². The second-order valence-electron chi connectivity index (χ2n) is 6.37. The number of nitrogens with zero attached hydrogens (tertiary/aromatic N) is 5. The van der Waals surface area contributed by atoms with Gasteiger partial charge in [-0.15, -0.1) is 10.2 Å². The van der Waals surface area contributed by atoms with Gasteiger partial charge in [0.1, 0.15) is 0 Å². The van der Waals surface area contributed by atoms with Crippen LogP contribution in [0.4, 0.5) is 4.79 Å². The lowest BCUT2D eigenvalue weighted by molar-refractivity contribution is -0.143. The molecule has 0 atom stereocenters. The fraction of sp³-hybridized carbons (Fsp3) is 0.353. The molecule has 10 heteroatoms. The Morgan fingerprint density at radius 1 is 1.11 bits per heavy atom. The normalized spacial score (nSPS) is 15.0. The van der Waals surface area contributed by atoms with E-state index in [0.29, 0.717) is 16.8 Å². The summed E-state index contributed by atoms with van der Waals surface area (Å²) in [5.74, 6) is -1.02. The van der Waals surface area contributed by atoms with Crippen LogP contribution in [0.5, 0.6) is 0 Å². The summed E-state index contributed by atoms with van der Waals surface area (Å²) in [6, 6.07) is 6.28. The van der Waals surface area contributed by atoms with E-state index in [0.717, 1.165) is 15.4 Å². The van der Waals surface area contributed by atoms with Gasteiger partial charge in [0.15, 0.2) is 0 Å². The van der Waals surface area contributed by atoms with Gasteiger partial charge in [-0.3, -0.25) is 19.4 Å². The zero-order valence-electron chi connectivity index (χ0n) is 15.0. The molecule has 1 aromatic heterocycles. The predicted octanol–water partition coefficient (Wildman–Crippen LogP) is 1.98. The molecule has 0 aliphatic carbocycles. The van der Waals surface area contributed by atoms with Crippen LogP contribution in [-0.4, -0.2) is 62.5 Å².